The molecule has 0 aliphatic heterocycles. The number of furan rings is 1. The van der Waals surface area contributed by atoms with Crippen LogP contribution in [0.15, 0.2) is 150 Å². The van der Waals surface area contributed by atoms with E-state index in [2.05, 4.69) is 0 Å². The highest BCUT2D eigenvalue weighted by atomic mass is 16.3. The van der Waals surface area contributed by atoms with Crippen LogP contribution in [-0.4, -0.2) is 0 Å². The minimum Gasteiger partial charge on any atom is -0.455 e. The Kier molecular flexibility index (Phi) is 2.83. The average molecular weight is 604 g/mol. The highest BCUT2D eigenvalue weighted by molar-refractivity contribution is 6.23. The minimum absolute atomic E-state index is 0.00313. The molecule has 0 saturated heterocycles. The van der Waals surface area contributed by atoms with E-state index in [9.17, 15) is 9.60 Å². The van der Waals surface area contributed by atoms with Crippen molar-refractivity contribution in [3.05, 3.63) is 156 Å². The smallest absolute Gasteiger partial charge is 0.143 e. The van der Waals surface area contributed by atoms with Crippen molar-refractivity contribution in [1.82, 2.24) is 0 Å². The lowest BCUT2D eigenvalue weighted by atomic mass is 9.80. The molecule has 0 saturated carbocycles. The van der Waals surface area contributed by atoms with Crippen LogP contribution < -0.4 is 0 Å². The van der Waals surface area contributed by atoms with Crippen molar-refractivity contribution < 1.29 is 27.7 Å². The normalized spacial score (nSPS) is 21.0. The summed E-state index contributed by atoms with van der Waals surface area (Å²) in [5.74, 6) is 0. The number of hydrogen-bond acceptors (Lipinski definition) is 1. The molecule has 1 unspecified atom stereocenters. The molecule has 10 rings (SSSR count). The van der Waals surface area contributed by atoms with Crippen LogP contribution >= 0.6 is 0 Å². The van der Waals surface area contributed by atoms with Gasteiger partial charge in [-0.05, 0) is 95.7 Å². The van der Waals surface area contributed by atoms with Crippen molar-refractivity contribution in [2.45, 2.75) is 19.2 Å². The second kappa shape index (κ2) is 9.19. The van der Waals surface area contributed by atoms with Crippen LogP contribution in [0.2, 0.25) is 0 Å². The van der Waals surface area contributed by atoms with Gasteiger partial charge in [-0.3, -0.25) is 0 Å². The molecule has 0 radical (unpaired) electrons. The van der Waals surface area contributed by atoms with Gasteiger partial charge in [0.1, 0.15) is 11.2 Å². The lowest BCUT2D eigenvalue weighted by Crippen LogP contribution is -2.14. The van der Waals surface area contributed by atoms with Crippen LogP contribution in [0.5, 0.6) is 0 Å². The molecule has 1 heteroatoms. The fraction of sp³-hybridized carbons (Fsp3) is 0.0667. The Labute approximate surface area is 291 Å². The van der Waals surface area contributed by atoms with Crippen LogP contribution in [0.4, 0.5) is 0 Å². The summed E-state index contributed by atoms with van der Waals surface area (Å²) in [5, 5.41) is 2.03. The van der Waals surface area contributed by atoms with E-state index in [1.807, 2.05) is 36.4 Å². The Morgan fingerprint density at radius 1 is 0.565 bits per heavy atom. The van der Waals surface area contributed by atoms with Gasteiger partial charge in [-0.1, -0.05) is 135 Å². The highest BCUT2D eigenvalue weighted by Crippen LogP contribution is 2.51. The van der Waals surface area contributed by atoms with E-state index in [4.69, 9.17) is 18.1 Å². The van der Waals surface area contributed by atoms with E-state index < -0.39 is 108 Å². The number of rotatable bonds is 2. The molecule has 46 heavy (non-hydrogen) atoms. The number of fused-ring (bicyclic) bond motifs is 10. The molecule has 1 aliphatic rings. The summed E-state index contributed by atoms with van der Waals surface area (Å²) in [6.45, 7) is -0.619. The molecular formula is C45H30O. The Hall–Kier alpha value is -5.66. The molecule has 8 aromatic carbocycles. The van der Waals surface area contributed by atoms with Crippen LogP contribution in [0.1, 0.15) is 48.2 Å². The maximum atomic E-state index is 9.91. The van der Waals surface area contributed by atoms with E-state index in [1.165, 1.54) is 6.92 Å². The maximum Gasteiger partial charge on any atom is 0.143 e. The van der Waals surface area contributed by atoms with Gasteiger partial charge in [-0.2, -0.15) is 0 Å². The summed E-state index contributed by atoms with van der Waals surface area (Å²) in [4.78, 5) is 0. The zero-order chi connectivity index (χ0) is 45.2. The first-order valence-corrected chi connectivity index (χ1v) is 14.7. The van der Waals surface area contributed by atoms with Gasteiger partial charge in [0.25, 0.3) is 0 Å². The second-order valence-electron chi connectivity index (χ2n) is 11.7. The van der Waals surface area contributed by atoms with Gasteiger partial charge in [0.2, 0.25) is 0 Å². The van der Waals surface area contributed by atoms with Crippen LogP contribution in [-0.2, 0) is 5.41 Å². The summed E-state index contributed by atoms with van der Waals surface area (Å²) >= 11 is 0. The van der Waals surface area contributed by atoms with Crippen molar-refractivity contribution in [2.75, 3.05) is 0 Å². The Bertz CT molecular complexity index is 3550. The van der Waals surface area contributed by atoms with Gasteiger partial charge in [0.15, 0.2) is 0 Å². The Morgan fingerprint density at radius 2 is 1.24 bits per heavy atom. The topological polar surface area (TPSA) is 13.1 Å². The summed E-state index contributed by atoms with van der Waals surface area (Å²) in [7, 11) is 0. The summed E-state index contributed by atoms with van der Waals surface area (Å²) in [6.07, 6.45) is 0. The van der Waals surface area contributed by atoms with Gasteiger partial charge in [0.05, 0.1) is 20.6 Å². The molecule has 0 amide bonds. The molecule has 9 aromatic rings. The van der Waals surface area contributed by atoms with E-state index in [-0.39, 0.29) is 54.9 Å². The lowest BCUT2D eigenvalue weighted by Gasteiger charge is -2.23. The van der Waals surface area contributed by atoms with Gasteiger partial charge in [0, 0.05) is 24.3 Å². The zero-order valence-corrected chi connectivity index (χ0v) is 24.2. The third-order valence-electron chi connectivity index (χ3n) is 9.06. The van der Waals surface area contributed by atoms with E-state index in [0.717, 1.165) is 10.8 Å². The first kappa shape index (κ1) is 14.2. The second-order valence-corrected chi connectivity index (χ2v) is 11.7. The highest BCUT2D eigenvalue weighted by Gasteiger charge is 2.35. The van der Waals surface area contributed by atoms with Crippen LogP contribution in [0.25, 0.3) is 87.6 Å². The van der Waals surface area contributed by atoms with Crippen molar-refractivity contribution in [3.63, 3.8) is 0 Å². The zero-order valence-electron chi connectivity index (χ0n) is 41.2. The van der Waals surface area contributed by atoms with Crippen LogP contribution in [0.3, 0.4) is 0 Å². The SMILES string of the molecule is [2H]c1c([2H])c([2H])c2c(c1[2H])-c1c([2H])c([2H])c(-c3c4c([2H])c([2H])c([2H])c([2H])c4c(-c4ccc5oc6c7ccccc7ccc6c5c4)c4c([2H])c([2H])c([2H])c([2H])c34)c([2H])c1C2(C)C([2H])[2H]. The van der Waals surface area contributed by atoms with Crippen molar-refractivity contribution >= 4 is 54.3 Å². The lowest BCUT2D eigenvalue weighted by molar-refractivity contribution is 0.660. The number of benzene rings is 8. The summed E-state index contributed by atoms with van der Waals surface area (Å²) < 4.78 is 161. The maximum absolute atomic E-state index is 9.91. The number of hydrogen-bond donors (Lipinski definition) is 0. The molecule has 0 bridgehead atoms. The fourth-order valence-electron chi connectivity index (χ4n) is 6.95. The predicted molar refractivity (Wildman–Crippen MR) is 195 cm³/mol. The molecular weight excluding hydrogens is 556 g/mol. The van der Waals surface area contributed by atoms with Crippen molar-refractivity contribution in [3.8, 4) is 33.4 Å². The van der Waals surface area contributed by atoms with Gasteiger partial charge in [-0.15, -0.1) is 0 Å². The van der Waals surface area contributed by atoms with E-state index in [0.29, 0.717) is 27.5 Å². The summed E-state index contributed by atoms with van der Waals surface area (Å²) in [6, 6.07) is 6.52. The quantitative estimate of drug-likeness (QED) is 0.179. The molecule has 1 atom stereocenters. The molecule has 0 spiro atoms. The van der Waals surface area contributed by atoms with E-state index in [1.54, 1.807) is 18.2 Å². The van der Waals surface area contributed by atoms with Gasteiger partial charge in [-0.25, -0.2) is 0 Å². The predicted octanol–water partition coefficient (Wildman–Crippen LogP) is 12.7. The first-order valence-electron chi connectivity index (χ1n) is 23.3. The van der Waals surface area contributed by atoms with Crippen LogP contribution in [0, 0.1) is 0 Å². The van der Waals surface area contributed by atoms with Crippen molar-refractivity contribution in [2.24, 2.45) is 0 Å². The minimum atomic E-state index is -2.02. The van der Waals surface area contributed by atoms with Gasteiger partial charge >= 0.3 is 0 Å². The fourth-order valence-corrected chi connectivity index (χ4v) is 6.95. The monoisotopic (exact) mass is 603 g/mol. The third-order valence-corrected chi connectivity index (χ3v) is 9.06. The third kappa shape index (κ3) is 3.40. The molecule has 0 N–H and O–H groups in total. The summed E-state index contributed by atoms with van der Waals surface area (Å²) in [5.41, 5.74) is -2.56. The van der Waals surface area contributed by atoms with Gasteiger partial charge < -0.3 is 4.42 Å². The largest absolute Gasteiger partial charge is 0.455 e. The molecule has 0 fully saturated rings. The van der Waals surface area contributed by atoms with E-state index >= 15 is 0 Å². The average Bonchev–Trinajstić information content (AvgIpc) is 3.79. The molecule has 1 heterocycles. The molecule has 1 aromatic heterocycles. The Balaban J connectivity index is 1.44. The standard InChI is InChI=1S/C45H30O/c1-45(2)39-18-10-9-13-31(39)32-22-20-29(26-40(32)45)43-35-16-7-5-14-33(35)42(34-15-6-8-17-36(34)43)28-21-24-41-38(25-28)37-23-19-27-11-3-4-12-30(27)44(37)46-41/h3-26H,1-2H3/i1D2,5D,6D,7D,8D,9D,10D,13D,14D,15D,16D,17D,18D,20D,22D,26D. The first-order chi connectivity index (χ1) is 29.8. The molecule has 1 nitrogen and oxygen atoms in total. The van der Waals surface area contributed by atoms with Crippen molar-refractivity contribution in [1.29, 1.82) is 0 Å². The Morgan fingerprint density at radius 3 is 2.00 bits per heavy atom. The molecule has 216 valence electrons. The molecule has 1 aliphatic carbocycles.